The van der Waals surface area contributed by atoms with E-state index in [0.29, 0.717) is 12.1 Å². The maximum atomic E-state index is 4.56. The first-order valence-corrected chi connectivity index (χ1v) is 7.47. The molecule has 0 aromatic carbocycles. The lowest BCUT2D eigenvalue weighted by atomic mass is 10.0. The van der Waals surface area contributed by atoms with Gasteiger partial charge in [-0.15, -0.1) is 0 Å². The second-order valence-corrected chi connectivity index (χ2v) is 5.81. The summed E-state index contributed by atoms with van der Waals surface area (Å²) in [5, 5.41) is 9.04. The van der Waals surface area contributed by atoms with Gasteiger partial charge in [-0.25, -0.2) is 9.97 Å². The summed E-state index contributed by atoms with van der Waals surface area (Å²) in [5.74, 6) is 1.05. The lowest BCUT2D eigenvalue weighted by Gasteiger charge is -2.30. The van der Waals surface area contributed by atoms with Gasteiger partial charge in [0.25, 0.3) is 0 Å². The molecule has 2 aliphatic heterocycles. The SMILES string of the molecule is Cn1ncc2c(N3CCCC3C3CCCN3)ncnc21. The van der Waals surface area contributed by atoms with E-state index in [1.807, 2.05) is 17.9 Å². The molecule has 1 N–H and O–H groups in total. The van der Waals surface area contributed by atoms with Crippen LogP contribution in [0.15, 0.2) is 12.5 Å². The lowest BCUT2D eigenvalue weighted by molar-refractivity contribution is 0.481. The molecule has 4 rings (SSSR count). The van der Waals surface area contributed by atoms with Crippen molar-refractivity contribution < 1.29 is 0 Å². The summed E-state index contributed by atoms with van der Waals surface area (Å²) < 4.78 is 1.82. The van der Waals surface area contributed by atoms with Crippen molar-refractivity contribution in [1.29, 1.82) is 0 Å². The minimum Gasteiger partial charge on any atom is -0.351 e. The second kappa shape index (κ2) is 4.70. The number of aryl methyl sites for hydroxylation is 1. The number of fused-ring (bicyclic) bond motifs is 1. The van der Waals surface area contributed by atoms with Crippen LogP contribution in [0.5, 0.6) is 0 Å². The number of hydrogen-bond donors (Lipinski definition) is 1. The predicted molar refractivity (Wildman–Crippen MR) is 77.7 cm³/mol. The van der Waals surface area contributed by atoms with E-state index in [1.165, 1.54) is 25.7 Å². The fourth-order valence-electron chi connectivity index (χ4n) is 3.69. The molecule has 0 spiro atoms. The van der Waals surface area contributed by atoms with Crippen molar-refractivity contribution in [2.24, 2.45) is 7.05 Å². The van der Waals surface area contributed by atoms with Crippen molar-refractivity contribution in [3.05, 3.63) is 12.5 Å². The molecule has 20 heavy (non-hydrogen) atoms. The highest BCUT2D eigenvalue weighted by Gasteiger charge is 2.34. The standard InChI is InChI=1S/C14H20N6/c1-19-13-10(8-18-19)14(17-9-16-13)20-7-3-5-12(20)11-4-2-6-15-11/h8-9,11-12,15H,2-7H2,1H3. The zero-order valence-electron chi connectivity index (χ0n) is 11.8. The van der Waals surface area contributed by atoms with Crippen molar-refractivity contribution >= 4 is 16.9 Å². The summed E-state index contributed by atoms with van der Waals surface area (Å²) in [5.41, 5.74) is 0.917. The average Bonchev–Trinajstić information content (AvgIpc) is 3.18. The predicted octanol–water partition coefficient (Wildman–Crippen LogP) is 1.08. The van der Waals surface area contributed by atoms with E-state index in [-0.39, 0.29) is 0 Å². The van der Waals surface area contributed by atoms with Crippen molar-refractivity contribution in [2.45, 2.75) is 37.8 Å². The smallest absolute Gasteiger partial charge is 0.163 e. The monoisotopic (exact) mass is 272 g/mol. The van der Waals surface area contributed by atoms with E-state index in [9.17, 15) is 0 Å². The number of hydrogen-bond acceptors (Lipinski definition) is 5. The molecule has 2 aromatic heterocycles. The van der Waals surface area contributed by atoms with Crippen LogP contribution in [-0.4, -0.2) is 44.9 Å². The van der Waals surface area contributed by atoms with E-state index in [2.05, 4.69) is 25.3 Å². The van der Waals surface area contributed by atoms with Crippen LogP contribution >= 0.6 is 0 Å². The highest BCUT2D eigenvalue weighted by Crippen LogP contribution is 2.32. The maximum Gasteiger partial charge on any atom is 0.163 e. The van der Waals surface area contributed by atoms with E-state index < -0.39 is 0 Å². The van der Waals surface area contributed by atoms with Crippen LogP contribution in [0.3, 0.4) is 0 Å². The van der Waals surface area contributed by atoms with Gasteiger partial charge in [0.2, 0.25) is 0 Å². The molecular formula is C14H20N6. The first kappa shape index (κ1) is 12.1. The Morgan fingerprint density at radius 3 is 3.05 bits per heavy atom. The first-order valence-electron chi connectivity index (χ1n) is 7.47. The van der Waals surface area contributed by atoms with Gasteiger partial charge >= 0.3 is 0 Å². The van der Waals surface area contributed by atoms with Crippen molar-refractivity contribution in [2.75, 3.05) is 18.0 Å². The molecule has 0 aliphatic carbocycles. The molecule has 2 aliphatic rings. The number of aromatic nitrogens is 4. The Morgan fingerprint density at radius 1 is 1.25 bits per heavy atom. The van der Waals surface area contributed by atoms with Gasteiger partial charge in [-0.3, -0.25) is 4.68 Å². The second-order valence-electron chi connectivity index (χ2n) is 5.81. The Morgan fingerprint density at radius 2 is 2.20 bits per heavy atom. The summed E-state index contributed by atoms with van der Waals surface area (Å²) in [6.45, 7) is 2.24. The Balaban J connectivity index is 1.74. The number of nitrogens with zero attached hydrogens (tertiary/aromatic N) is 5. The van der Waals surface area contributed by atoms with Gasteiger partial charge in [0.1, 0.15) is 12.1 Å². The first-order chi connectivity index (χ1) is 9.84. The fourth-order valence-corrected chi connectivity index (χ4v) is 3.69. The van der Waals surface area contributed by atoms with Gasteiger partial charge < -0.3 is 10.2 Å². The zero-order valence-corrected chi connectivity index (χ0v) is 11.8. The molecule has 2 saturated heterocycles. The number of nitrogens with one attached hydrogen (secondary N) is 1. The van der Waals surface area contributed by atoms with E-state index in [0.717, 1.165) is 29.9 Å². The van der Waals surface area contributed by atoms with Gasteiger partial charge in [0.15, 0.2) is 5.65 Å². The van der Waals surface area contributed by atoms with Crippen LogP contribution in [-0.2, 0) is 7.05 Å². The Hall–Kier alpha value is -1.69. The quantitative estimate of drug-likeness (QED) is 0.886. The number of anilines is 1. The van der Waals surface area contributed by atoms with Crippen LogP contribution in [0.1, 0.15) is 25.7 Å². The molecular weight excluding hydrogens is 252 g/mol. The average molecular weight is 272 g/mol. The van der Waals surface area contributed by atoms with Crippen molar-refractivity contribution in [1.82, 2.24) is 25.1 Å². The van der Waals surface area contributed by atoms with Crippen LogP contribution in [0, 0.1) is 0 Å². The summed E-state index contributed by atoms with van der Waals surface area (Å²) >= 11 is 0. The van der Waals surface area contributed by atoms with Crippen LogP contribution in [0.25, 0.3) is 11.0 Å². The molecule has 106 valence electrons. The van der Waals surface area contributed by atoms with Crippen LogP contribution in [0.4, 0.5) is 5.82 Å². The van der Waals surface area contributed by atoms with Crippen molar-refractivity contribution in [3.8, 4) is 0 Å². The normalized spacial score (nSPS) is 26.8. The maximum absolute atomic E-state index is 4.56. The largest absolute Gasteiger partial charge is 0.351 e. The molecule has 2 unspecified atom stereocenters. The highest BCUT2D eigenvalue weighted by atomic mass is 15.3. The molecule has 0 radical (unpaired) electrons. The third kappa shape index (κ3) is 1.78. The molecule has 2 atom stereocenters. The molecule has 0 saturated carbocycles. The van der Waals surface area contributed by atoms with Gasteiger partial charge in [0.05, 0.1) is 11.6 Å². The van der Waals surface area contributed by atoms with Crippen LogP contribution < -0.4 is 10.2 Å². The van der Waals surface area contributed by atoms with Crippen molar-refractivity contribution in [3.63, 3.8) is 0 Å². The Kier molecular flexibility index (Phi) is 2.84. The molecule has 0 amide bonds. The van der Waals surface area contributed by atoms with E-state index in [1.54, 1.807) is 6.33 Å². The number of rotatable bonds is 2. The lowest BCUT2D eigenvalue weighted by Crippen LogP contribution is -2.44. The van der Waals surface area contributed by atoms with Crippen LogP contribution in [0.2, 0.25) is 0 Å². The Labute approximate surface area is 118 Å². The van der Waals surface area contributed by atoms with Gasteiger partial charge in [-0.2, -0.15) is 5.10 Å². The summed E-state index contributed by atoms with van der Waals surface area (Å²) in [6, 6.07) is 1.18. The Bertz CT molecular complexity index is 615. The van der Waals surface area contributed by atoms with Gasteiger partial charge in [0, 0.05) is 25.7 Å². The van der Waals surface area contributed by atoms with Gasteiger partial charge in [-0.05, 0) is 32.2 Å². The minimum absolute atomic E-state index is 0.566. The highest BCUT2D eigenvalue weighted by molar-refractivity contribution is 5.86. The minimum atomic E-state index is 0.566. The topological polar surface area (TPSA) is 58.9 Å². The molecule has 2 aromatic rings. The summed E-state index contributed by atoms with van der Waals surface area (Å²) in [6.07, 6.45) is 8.63. The molecule has 6 heteroatoms. The molecule has 2 fully saturated rings. The third-order valence-corrected chi connectivity index (χ3v) is 4.64. The fraction of sp³-hybridized carbons (Fsp3) is 0.643. The molecule has 6 nitrogen and oxygen atoms in total. The zero-order chi connectivity index (χ0) is 13.5. The van der Waals surface area contributed by atoms with Gasteiger partial charge in [-0.1, -0.05) is 0 Å². The third-order valence-electron chi connectivity index (χ3n) is 4.64. The van der Waals surface area contributed by atoms with E-state index in [4.69, 9.17) is 0 Å². The summed E-state index contributed by atoms with van der Waals surface area (Å²) in [4.78, 5) is 11.4. The summed E-state index contributed by atoms with van der Waals surface area (Å²) in [7, 11) is 1.93. The molecule has 0 bridgehead atoms. The molecule has 4 heterocycles. The van der Waals surface area contributed by atoms with E-state index >= 15 is 0 Å².